The number of anilines is 1. The van der Waals surface area contributed by atoms with E-state index in [-0.39, 0.29) is 6.61 Å². The molecule has 17 heavy (non-hydrogen) atoms. The van der Waals surface area contributed by atoms with Crippen LogP contribution in [0.4, 0.5) is 5.82 Å². The number of rotatable bonds is 3. The Labute approximate surface area is 101 Å². The highest BCUT2D eigenvalue weighted by Crippen LogP contribution is 2.27. The monoisotopic (exact) mass is 232 g/mol. The lowest BCUT2D eigenvalue weighted by Gasteiger charge is -2.25. The molecule has 1 aliphatic heterocycles. The van der Waals surface area contributed by atoms with Gasteiger partial charge in [-0.15, -0.1) is 0 Å². The van der Waals surface area contributed by atoms with Gasteiger partial charge in [0.25, 0.3) is 0 Å². The SMILES string of the molecule is Cc1ncc(C#N)c(N2CCCC2CCO)n1. The van der Waals surface area contributed by atoms with Crippen molar-refractivity contribution in [1.29, 1.82) is 5.26 Å². The normalized spacial score (nSPS) is 19.4. The van der Waals surface area contributed by atoms with Crippen molar-refractivity contribution in [2.45, 2.75) is 32.2 Å². The Morgan fingerprint density at radius 1 is 1.65 bits per heavy atom. The molecule has 0 spiro atoms. The zero-order chi connectivity index (χ0) is 12.3. The highest BCUT2D eigenvalue weighted by atomic mass is 16.3. The number of aromatic nitrogens is 2. The Morgan fingerprint density at radius 3 is 3.18 bits per heavy atom. The van der Waals surface area contributed by atoms with Gasteiger partial charge < -0.3 is 10.0 Å². The summed E-state index contributed by atoms with van der Waals surface area (Å²) in [6.07, 6.45) is 4.44. The third-order valence-electron chi connectivity index (χ3n) is 3.12. The number of aliphatic hydroxyl groups is 1. The van der Waals surface area contributed by atoms with Crippen molar-refractivity contribution >= 4 is 5.82 Å². The Kier molecular flexibility index (Phi) is 3.55. The fraction of sp³-hybridized carbons (Fsp3) is 0.583. The predicted octanol–water partition coefficient (Wildman–Crippen LogP) is 1.01. The van der Waals surface area contributed by atoms with E-state index in [1.807, 2.05) is 6.92 Å². The highest BCUT2D eigenvalue weighted by Gasteiger charge is 2.27. The van der Waals surface area contributed by atoms with Gasteiger partial charge in [-0.2, -0.15) is 5.26 Å². The quantitative estimate of drug-likeness (QED) is 0.842. The zero-order valence-electron chi connectivity index (χ0n) is 9.93. The maximum atomic E-state index is 9.08. The van der Waals surface area contributed by atoms with Crippen molar-refractivity contribution < 1.29 is 5.11 Å². The van der Waals surface area contributed by atoms with E-state index < -0.39 is 0 Å². The molecule has 1 N–H and O–H groups in total. The Morgan fingerprint density at radius 2 is 2.47 bits per heavy atom. The molecule has 2 heterocycles. The summed E-state index contributed by atoms with van der Waals surface area (Å²) in [5.41, 5.74) is 0.514. The second-order valence-electron chi connectivity index (χ2n) is 4.27. The van der Waals surface area contributed by atoms with Crippen LogP contribution in [0.25, 0.3) is 0 Å². The Bertz CT molecular complexity index is 441. The molecule has 1 fully saturated rings. The van der Waals surface area contributed by atoms with Crippen LogP contribution in [-0.4, -0.2) is 34.3 Å². The summed E-state index contributed by atoms with van der Waals surface area (Å²) in [6, 6.07) is 2.43. The average Bonchev–Trinajstić information content (AvgIpc) is 2.77. The zero-order valence-corrected chi connectivity index (χ0v) is 9.93. The van der Waals surface area contributed by atoms with E-state index in [0.29, 0.717) is 17.4 Å². The molecule has 90 valence electrons. The van der Waals surface area contributed by atoms with Crippen LogP contribution in [-0.2, 0) is 0 Å². The van der Waals surface area contributed by atoms with E-state index in [4.69, 9.17) is 10.4 Å². The summed E-state index contributed by atoms with van der Waals surface area (Å²) in [4.78, 5) is 10.5. The van der Waals surface area contributed by atoms with Gasteiger partial charge in [-0.05, 0) is 26.2 Å². The minimum Gasteiger partial charge on any atom is -0.396 e. The number of nitrogens with zero attached hydrogens (tertiary/aromatic N) is 4. The molecule has 0 radical (unpaired) electrons. The van der Waals surface area contributed by atoms with Gasteiger partial charge in [-0.1, -0.05) is 0 Å². The van der Waals surface area contributed by atoms with Crippen LogP contribution in [0.2, 0.25) is 0 Å². The smallest absolute Gasteiger partial charge is 0.150 e. The van der Waals surface area contributed by atoms with Gasteiger partial charge in [0.1, 0.15) is 17.5 Å². The molecular formula is C12H16N4O. The summed E-state index contributed by atoms with van der Waals surface area (Å²) in [5.74, 6) is 1.39. The fourth-order valence-corrected chi connectivity index (χ4v) is 2.32. The van der Waals surface area contributed by atoms with Crippen LogP contribution in [0.5, 0.6) is 0 Å². The minimum atomic E-state index is 0.174. The average molecular weight is 232 g/mol. The van der Waals surface area contributed by atoms with Gasteiger partial charge in [0, 0.05) is 19.2 Å². The summed E-state index contributed by atoms with van der Waals surface area (Å²) >= 11 is 0. The van der Waals surface area contributed by atoms with E-state index >= 15 is 0 Å². The fourth-order valence-electron chi connectivity index (χ4n) is 2.32. The number of nitriles is 1. The summed E-state index contributed by atoms with van der Waals surface area (Å²) in [5, 5.41) is 18.1. The van der Waals surface area contributed by atoms with Crippen molar-refractivity contribution in [3.05, 3.63) is 17.6 Å². The first kappa shape index (κ1) is 11.8. The maximum absolute atomic E-state index is 9.08. The van der Waals surface area contributed by atoms with E-state index in [0.717, 1.165) is 31.6 Å². The Balaban J connectivity index is 2.32. The molecule has 1 aromatic rings. The number of hydrogen-bond donors (Lipinski definition) is 1. The molecule has 1 aliphatic rings. The molecule has 0 bridgehead atoms. The molecule has 5 heteroatoms. The molecule has 2 rings (SSSR count). The molecule has 5 nitrogen and oxygen atoms in total. The largest absolute Gasteiger partial charge is 0.396 e. The molecule has 0 amide bonds. The highest BCUT2D eigenvalue weighted by molar-refractivity contribution is 5.54. The number of hydrogen-bond acceptors (Lipinski definition) is 5. The third kappa shape index (κ3) is 2.37. The number of aryl methyl sites for hydroxylation is 1. The van der Waals surface area contributed by atoms with Crippen LogP contribution in [0.3, 0.4) is 0 Å². The van der Waals surface area contributed by atoms with Crippen LogP contribution in [0.1, 0.15) is 30.7 Å². The van der Waals surface area contributed by atoms with E-state index in [2.05, 4.69) is 20.9 Å². The van der Waals surface area contributed by atoms with Crippen molar-refractivity contribution in [2.24, 2.45) is 0 Å². The van der Waals surface area contributed by atoms with Crippen molar-refractivity contribution in [3.8, 4) is 6.07 Å². The van der Waals surface area contributed by atoms with Crippen LogP contribution >= 0.6 is 0 Å². The second-order valence-corrected chi connectivity index (χ2v) is 4.27. The van der Waals surface area contributed by atoms with Gasteiger partial charge in [0.05, 0.1) is 6.20 Å². The van der Waals surface area contributed by atoms with Crippen molar-refractivity contribution in [3.63, 3.8) is 0 Å². The van der Waals surface area contributed by atoms with Crippen LogP contribution in [0.15, 0.2) is 6.20 Å². The molecule has 0 aromatic carbocycles. The molecule has 0 saturated carbocycles. The van der Waals surface area contributed by atoms with Crippen LogP contribution < -0.4 is 4.90 Å². The molecule has 0 aliphatic carbocycles. The lowest BCUT2D eigenvalue weighted by atomic mass is 10.1. The third-order valence-corrected chi connectivity index (χ3v) is 3.12. The van der Waals surface area contributed by atoms with Crippen LogP contribution in [0, 0.1) is 18.3 Å². The summed E-state index contributed by atoms with van der Waals surface area (Å²) in [6.45, 7) is 2.89. The molecule has 1 aromatic heterocycles. The standard InChI is InChI=1S/C12H16N4O/c1-9-14-8-10(7-13)12(15-9)16-5-2-3-11(16)4-6-17/h8,11,17H,2-6H2,1H3. The molecule has 1 atom stereocenters. The Hall–Kier alpha value is -1.67. The van der Waals surface area contributed by atoms with Gasteiger partial charge in [0.15, 0.2) is 5.82 Å². The first-order valence-electron chi connectivity index (χ1n) is 5.87. The molecule has 1 saturated heterocycles. The van der Waals surface area contributed by atoms with Gasteiger partial charge >= 0.3 is 0 Å². The molecule has 1 unspecified atom stereocenters. The first-order valence-corrected chi connectivity index (χ1v) is 5.87. The lowest BCUT2D eigenvalue weighted by Crippen LogP contribution is -2.31. The predicted molar refractivity (Wildman–Crippen MR) is 63.6 cm³/mol. The molecular weight excluding hydrogens is 216 g/mol. The maximum Gasteiger partial charge on any atom is 0.150 e. The second kappa shape index (κ2) is 5.11. The van der Waals surface area contributed by atoms with E-state index in [1.165, 1.54) is 0 Å². The summed E-state index contributed by atoms with van der Waals surface area (Å²) in [7, 11) is 0. The van der Waals surface area contributed by atoms with Crippen molar-refractivity contribution in [2.75, 3.05) is 18.1 Å². The first-order chi connectivity index (χ1) is 8.26. The van der Waals surface area contributed by atoms with Gasteiger partial charge in [-0.3, -0.25) is 0 Å². The lowest BCUT2D eigenvalue weighted by molar-refractivity contribution is 0.275. The van der Waals surface area contributed by atoms with Gasteiger partial charge in [-0.25, -0.2) is 9.97 Å². The van der Waals surface area contributed by atoms with E-state index in [1.54, 1.807) is 6.20 Å². The summed E-state index contributed by atoms with van der Waals surface area (Å²) < 4.78 is 0. The topological polar surface area (TPSA) is 73.0 Å². The number of aliphatic hydroxyl groups excluding tert-OH is 1. The minimum absolute atomic E-state index is 0.174. The van der Waals surface area contributed by atoms with Gasteiger partial charge in [0.2, 0.25) is 0 Å². The van der Waals surface area contributed by atoms with Crippen molar-refractivity contribution in [1.82, 2.24) is 9.97 Å². The van der Waals surface area contributed by atoms with E-state index in [9.17, 15) is 0 Å².